The normalized spacial score (nSPS) is 15.0. The van der Waals surface area contributed by atoms with E-state index in [2.05, 4.69) is 25.3 Å². The van der Waals surface area contributed by atoms with Gasteiger partial charge in [0.05, 0.1) is 18.1 Å². The summed E-state index contributed by atoms with van der Waals surface area (Å²) in [5.41, 5.74) is 2.77. The Balaban J connectivity index is 1.42. The van der Waals surface area contributed by atoms with E-state index in [1.54, 1.807) is 16.9 Å². The predicted octanol–water partition coefficient (Wildman–Crippen LogP) is 0.801. The van der Waals surface area contributed by atoms with Gasteiger partial charge in [-0.25, -0.2) is 13.9 Å². The largest absolute Gasteiger partial charge is 0.368 e. The fourth-order valence-electron chi connectivity index (χ4n) is 3.69. The lowest BCUT2D eigenvalue weighted by molar-refractivity contribution is 0.0953. The summed E-state index contributed by atoms with van der Waals surface area (Å²) in [6.07, 6.45) is 5.75. The molecule has 0 bridgehead atoms. The van der Waals surface area contributed by atoms with Crippen LogP contribution in [0.4, 0.5) is 10.1 Å². The number of halogens is 1. The van der Waals surface area contributed by atoms with E-state index < -0.39 is 11.7 Å². The average Bonchev–Trinajstić information content (AvgIpc) is 3.14. The Morgan fingerprint density at radius 1 is 1.23 bits per heavy atom. The summed E-state index contributed by atoms with van der Waals surface area (Å²) >= 11 is 0. The minimum atomic E-state index is -0.629. The van der Waals surface area contributed by atoms with Crippen LogP contribution in [0.2, 0.25) is 0 Å². The molecule has 3 aromatic heterocycles. The van der Waals surface area contributed by atoms with Gasteiger partial charge in [0.25, 0.3) is 11.5 Å². The molecule has 0 aliphatic carbocycles. The number of fused-ring (bicyclic) bond motifs is 1. The summed E-state index contributed by atoms with van der Waals surface area (Å²) in [5.74, 6) is -1.17. The lowest BCUT2D eigenvalue weighted by atomic mass is 10.2. The van der Waals surface area contributed by atoms with Crippen molar-refractivity contribution in [3.05, 3.63) is 57.6 Å². The van der Waals surface area contributed by atoms with Crippen molar-refractivity contribution in [3.8, 4) is 0 Å². The number of aromatic nitrogens is 4. The molecule has 4 rings (SSSR count). The summed E-state index contributed by atoms with van der Waals surface area (Å²) in [5, 5.41) is 6.74. The van der Waals surface area contributed by atoms with Gasteiger partial charge in [0.2, 0.25) is 0 Å². The smallest absolute Gasteiger partial charge is 0.272 e. The quantitative estimate of drug-likeness (QED) is 0.642. The zero-order chi connectivity index (χ0) is 21.3. The first-order valence-electron chi connectivity index (χ1n) is 9.93. The maximum absolute atomic E-state index is 14.2. The molecule has 1 amide bonds. The first-order chi connectivity index (χ1) is 14.5. The van der Waals surface area contributed by atoms with Crippen LogP contribution in [0.25, 0.3) is 5.65 Å². The second-order valence-corrected chi connectivity index (χ2v) is 7.29. The molecule has 1 saturated heterocycles. The van der Waals surface area contributed by atoms with Crippen molar-refractivity contribution in [1.29, 1.82) is 0 Å². The average molecular weight is 413 g/mol. The first kappa shape index (κ1) is 20.0. The van der Waals surface area contributed by atoms with Crippen LogP contribution >= 0.6 is 0 Å². The molecule has 2 N–H and O–H groups in total. The summed E-state index contributed by atoms with van der Waals surface area (Å²) in [6.45, 7) is 5.56. The van der Waals surface area contributed by atoms with Gasteiger partial charge in [-0.15, -0.1) is 0 Å². The van der Waals surface area contributed by atoms with Crippen LogP contribution in [-0.2, 0) is 13.0 Å². The van der Waals surface area contributed by atoms with Gasteiger partial charge in [0.1, 0.15) is 5.65 Å². The van der Waals surface area contributed by atoms with Crippen molar-refractivity contribution < 1.29 is 9.18 Å². The monoisotopic (exact) mass is 413 g/mol. The molecule has 1 aliphatic rings. The molecular formula is C20H24FN7O2. The number of carbonyl (C=O) groups is 1. The standard InChI is InChI=1S/C20H24FN7O2/c1-3-13-12-28-18(25-19(13)29)14(9-24-28)11-26-4-6-27(7-5-26)15-8-16(21)17(23-10-15)20(30)22-2/h8-10,12H,3-7,11H2,1-2H3,(H,22,30)(H,25,29). The number of nitrogens with zero attached hydrogens (tertiary/aromatic N) is 5. The lowest BCUT2D eigenvalue weighted by Crippen LogP contribution is -2.46. The van der Waals surface area contributed by atoms with E-state index in [0.717, 1.165) is 24.3 Å². The number of aryl methyl sites for hydroxylation is 1. The molecule has 0 radical (unpaired) electrons. The van der Waals surface area contributed by atoms with Crippen LogP contribution in [0.3, 0.4) is 0 Å². The summed E-state index contributed by atoms with van der Waals surface area (Å²) in [4.78, 5) is 35.0. The third kappa shape index (κ3) is 3.78. The molecule has 30 heavy (non-hydrogen) atoms. The Hall–Kier alpha value is -3.27. The Morgan fingerprint density at radius 3 is 2.67 bits per heavy atom. The topological polar surface area (TPSA) is 98.6 Å². The van der Waals surface area contributed by atoms with E-state index in [0.29, 0.717) is 37.3 Å². The maximum Gasteiger partial charge on any atom is 0.272 e. The molecule has 0 aromatic carbocycles. The van der Waals surface area contributed by atoms with Gasteiger partial charge in [-0.3, -0.25) is 14.5 Å². The number of hydrogen-bond acceptors (Lipinski definition) is 6. The van der Waals surface area contributed by atoms with E-state index in [4.69, 9.17) is 0 Å². The van der Waals surface area contributed by atoms with E-state index in [1.165, 1.54) is 19.3 Å². The Labute approximate surface area is 172 Å². The third-order valence-electron chi connectivity index (χ3n) is 5.45. The second kappa shape index (κ2) is 8.23. The predicted molar refractivity (Wildman–Crippen MR) is 110 cm³/mol. The first-order valence-corrected chi connectivity index (χ1v) is 9.93. The van der Waals surface area contributed by atoms with Gasteiger partial charge in [-0.05, 0) is 6.42 Å². The number of pyridine rings is 1. The Morgan fingerprint density at radius 2 is 2.00 bits per heavy atom. The van der Waals surface area contributed by atoms with Crippen molar-refractivity contribution in [2.45, 2.75) is 19.9 Å². The number of carbonyl (C=O) groups excluding carboxylic acids is 1. The molecule has 10 heteroatoms. The van der Waals surface area contributed by atoms with Crippen LogP contribution in [0.1, 0.15) is 28.5 Å². The number of rotatable bonds is 5. The summed E-state index contributed by atoms with van der Waals surface area (Å²) in [7, 11) is 1.44. The molecule has 158 valence electrons. The molecule has 4 heterocycles. The number of piperazine rings is 1. The van der Waals surface area contributed by atoms with Crippen LogP contribution in [0.15, 0.2) is 29.5 Å². The Kier molecular flexibility index (Phi) is 5.49. The fraction of sp³-hybridized carbons (Fsp3) is 0.400. The number of hydrogen-bond donors (Lipinski definition) is 2. The number of H-pyrrole nitrogens is 1. The molecule has 0 atom stereocenters. The maximum atomic E-state index is 14.2. The molecule has 0 saturated carbocycles. The van der Waals surface area contributed by atoms with Crippen LogP contribution in [-0.4, -0.2) is 63.6 Å². The minimum absolute atomic E-state index is 0.0775. The van der Waals surface area contributed by atoms with Crippen molar-refractivity contribution in [2.75, 3.05) is 38.1 Å². The Bertz CT molecular complexity index is 1130. The number of anilines is 1. The van der Waals surface area contributed by atoms with Gasteiger partial charge in [-0.1, -0.05) is 6.92 Å². The van der Waals surface area contributed by atoms with Crippen molar-refractivity contribution in [3.63, 3.8) is 0 Å². The molecular weight excluding hydrogens is 389 g/mol. The van der Waals surface area contributed by atoms with E-state index >= 15 is 0 Å². The highest BCUT2D eigenvalue weighted by atomic mass is 19.1. The van der Waals surface area contributed by atoms with Crippen LogP contribution < -0.4 is 15.8 Å². The molecule has 1 fully saturated rings. The highest BCUT2D eigenvalue weighted by Gasteiger charge is 2.21. The molecule has 3 aromatic rings. The van der Waals surface area contributed by atoms with Crippen LogP contribution in [0.5, 0.6) is 0 Å². The zero-order valence-corrected chi connectivity index (χ0v) is 17.0. The van der Waals surface area contributed by atoms with Gasteiger partial charge in [-0.2, -0.15) is 5.10 Å². The van der Waals surface area contributed by atoms with Crippen molar-refractivity contribution in [2.24, 2.45) is 0 Å². The molecule has 0 spiro atoms. The van der Waals surface area contributed by atoms with Crippen LogP contribution in [0, 0.1) is 5.82 Å². The number of nitrogens with one attached hydrogen (secondary N) is 2. The van der Waals surface area contributed by atoms with E-state index in [1.807, 2.05) is 11.8 Å². The van der Waals surface area contributed by atoms with Gasteiger partial charge < -0.3 is 15.2 Å². The number of aromatic amines is 1. The zero-order valence-electron chi connectivity index (χ0n) is 17.0. The lowest BCUT2D eigenvalue weighted by Gasteiger charge is -2.35. The highest BCUT2D eigenvalue weighted by molar-refractivity contribution is 5.92. The summed E-state index contributed by atoms with van der Waals surface area (Å²) < 4.78 is 15.9. The minimum Gasteiger partial charge on any atom is -0.368 e. The van der Waals surface area contributed by atoms with Crippen molar-refractivity contribution >= 4 is 17.2 Å². The number of amides is 1. The van der Waals surface area contributed by atoms with Crippen molar-refractivity contribution in [1.82, 2.24) is 29.8 Å². The summed E-state index contributed by atoms with van der Waals surface area (Å²) in [6, 6.07) is 1.36. The van der Waals surface area contributed by atoms with Gasteiger partial charge in [0, 0.05) is 63.2 Å². The highest BCUT2D eigenvalue weighted by Crippen LogP contribution is 2.20. The molecule has 0 unspecified atom stereocenters. The fourth-order valence-corrected chi connectivity index (χ4v) is 3.69. The van der Waals surface area contributed by atoms with E-state index in [-0.39, 0.29) is 11.3 Å². The second-order valence-electron chi connectivity index (χ2n) is 7.29. The van der Waals surface area contributed by atoms with E-state index in [9.17, 15) is 14.0 Å². The SMILES string of the molecule is CCc1cn2ncc(CN3CCN(c4cnc(C(=O)NC)c(F)c4)CC3)c2[nH]c1=O. The third-order valence-corrected chi connectivity index (χ3v) is 5.45. The molecule has 1 aliphatic heterocycles. The van der Waals surface area contributed by atoms with Gasteiger partial charge in [0.15, 0.2) is 11.5 Å². The molecule has 9 nitrogen and oxygen atoms in total. The van der Waals surface area contributed by atoms with Gasteiger partial charge >= 0.3 is 0 Å².